The Morgan fingerprint density at radius 2 is 1.93 bits per heavy atom. The maximum absolute atomic E-state index is 11.3. The predicted octanol–water partition coefficient (Wildman–Crippen LogP) is 0.444. The minimum Gasteiger partial charge on any atom is -0.355 e. The number of hydrogen-bond acceptors (Lipinski definition) is 3. The fraction of sp³-hybridized carbons (Fsp3) is 0.909. The van der Waals surface area contributed by atoms with Gasteiger partial charge in [-0.25, -0.2) is 0 Å². The van der Waals surface area contributed by atoms with Gasteiger partial charge in [-0.2, -0.15) is 0 Å². The van der Waals surface area contributed by atoms with Gasteiger partial charge in [-0.05, 0) is 40.0 Å². The molecule has 0 aromatic rings. The topological polar surface area (TPSA) is 44.4 Å². The number of amides is 1. The Hall–Kier alpha value is -0.610. The van der Waals surface area contributed by atoms with Crippen molar-refractivity contribution in [2.45, 2.75) is 26.2 Å². The molecule has 0 radical (unpaired) electrons. The molecule has 0 saturated heterocycles. The third kappa shape index (κ3) is 11.3. The van der Waals surface area contributed by atoms with Gasteiger partial charge in [0, 0.05) is 6.54 Å². The van der Waals surface area contributed by atoms with E-state index < -0.39 is 0 Å². The van der Waals surface area contributed by atoms with Crippen molar-refractivity contribution in [2.24, 2.45) is 0 Å². The predicted molar refractivity (Wildman–Crippen MR) is 64.0 cm³/mol. The number of carbonyl (C=O) groups excluding carboxylic acids is 1. The summed E-state index contributed by atoms with van der Waals surface area (Å²) in [6, 6.07) is 0. The second kappa shape index (κ2) is 9.93. The molecule has 0 bridgehead atoms. The molecule has 0 fully saturated rings. The number of rotatable bonds is 9. The van der Waals surface area contributed by atoms with E-state index in [-0.39, 0.29) is 5.91 Å². The lowest BCUT2D eigenvalue weighted by Gasteiger charge is -2.10. The van der Waals surface area contributed by atoms with Gasteiger partial charge in [-0.15, -0.1) is 0 Å². The summed E-state index contributed by atoms with van der Waals surface area (Å²) in [5.41, 5.74) is 0. The Morgan fingerprint density at radius 3 is 2.53 bits per heavy atom. The van der Waals surface area contributed by atoms with Gasteiger partial charge >= 0.3 is 0 Å². The molecule has 0 aromatic carbocycles. The monoisotopic (exact) mass is 215 g/mol. The standard InChI is InChI=1S/C11H25N3O/c1-4-5-7-12-10-11(15)13-8-6-9-14(2)3/h12H,4-10H2,1-3H3,(H,13,15). The first-order valence-electron chi connectivity index (χ1n) is 5.79. The average molecular weight is 215 g/mol. The summed E-state index contributed by atoms with van der Waals surface area (Å²) < 4.78 is 0. The molecule has 0 aliphatic carbocycles. The molecule has 1 amide bonds. The van der Waals surface area contributed by atoms with E-state index in [1.165, 1.54) is 0 Å². The summed E-state index contributed by atoms with van der Waals surface area (Å²) in [6.45, 7) is 5.31. The molecule has 0 aromatic heterocycles. The van der Waals surface area contributed by atoms with E-state index in [2.05, 4.69) is 22.5 Å². The largest absolute Gasteiger partial charge is 0.355 e. The van der Waals surface area contributed by atoms with Crippen molar-refractivity contribution < 1.29 is 4.79 Å². The van der Waals surface area contributed by atoms with E-state index in [4.69, 9.17) is 0 Å². The third-order valence-corrected chi connectivity index (χ3v) is 2.10. The normalized spacial score (nSPS) is 10.7. The zero-order valence-corrected chi connectivity index (χ0v) is 10.3. The van der Waals surface area contributed by atoms with E-state index in [1.54, 1.807) is 0 Å². The van der Waals surface area contributed by atoms with Crippen LogP contribution >= 0.6 is 0 Å². The highest BCUT2D eigenvalue weighted by molar-refractivity contribution is 5.77. The van der Waals surface area contributed by atoms with Gasteiger partial charge in [0.1, 0.15) is 0 Å². The lowest BCUT2D eigenvalue weighted by atomic mass is 10.3. The zero-order valence-electron chi connectivity index (χ0n) is 10.3. The summed E-state index contributed by atoms with van der Waals surface area (Å²) in [6.07, 6.45) is 3.30. The van der Waals surface area contributed by atoms with E-state index >= 15 is 0 Å². The number of nitrogens with zero attached hydrogens (tertiary/aromatic N) is 1. The minimum absolute atomic E-state index is 0.102. The van der Waals surface area contributed by atoms with Gasteiger partial charge in [-0.1, -0.05) is 13.3 Å². The molecule has 0 spiro atoms. The molecule has 4 nitrogen and oxygen atoms in total. The molecule has 0 saturated carbocycles. The number of unbranched alkanes of at least 4 members (excludes halogenated alkanes) is 1. The van der Waals surface area contributed by atoms with Crippen LogP contribution in [0.25, 0.3) is 0 Å². The first-order chi connectivity index (χ1) is 7.16. The second-order valence-corrected chi connectivity index (χ2v) is 4.04. The quantitative estimate of drug-likeness (QED) is 0.549. The third-order valence-electron chi connectivity index (χ3n) is 2.10. The maximum atomic E-state index is 11.3. The van der Waals surface area contributed by atoms with Crippen LogP contribution in [0.2, 0.25) is 0 Å². The summed E-state index contributed by atoms with van der Waals surface area (Å²) in [4.78, 5) is 13.4. The zero-order chi connectivity index (χ0) is 11.5. The first-order valence-corrected chi connectivity index (χ1v) is 5.79. The maximum Gasteiger partial charge on any atom is 0.233 e. The van der Waals surface area contributed by atoms with E-state index in [0.29, 0.717) is 6.54 Å². The van der Waals surface area contributed by atoms with E-state index in [9.17, 15) is 4.79 Å². The summed E-state index contributed by atoms with van der Waals surface area (Å²) in [7, 11) is 4.07. The van der Waals surface area contributed by atoms with Gasteiger partial charge in [-0.3, -0.25) is 4.79 Å². The van der Waals surface area contributed by atoms with Crippen LogP contribution in [0.4, 0.5) is 0 Å². The van der Waals surface area contributed by atoms with Crippen molar-refractivity contribution in [2.75, 3.05) is 40.3 Å². The Balaban J connectivity index is 3.19. The van der Waals surface area contributed by atoms with Crippen molar-refractivity contribution in [3.8, 4) is 0 Å². The van der Waals surface area contributed by atoms with Gasteiger partial charge < -0.3 is 15.5 Å². The lowest BCUT2D eigenvalue weighted by molar-refractivity contribution is -0.120. The van der Waals surface area contributed by atoms with Crippen LogP contribution in [0.1, 0.15) is 26.2 Å². The minimum atomic E-state index is 0.102. The Labute approximate surface area is 93.4 Å². The van der Waals surface area contributed by atoms with Crippen molar-refractivity contribution in [1.29, 1.82) is 0 Å². The second-order valence-electron chi connectivity index (χ2n) is 4.04. The molecule has 2 N–H and O–H groups in total. The smallest absolute Gasteiger partial charge is 0.233 e. The molecule has 15 heavy (non-hydrogen) atoms. The van der Waals surface area contributed by atoms with Crippen LogP contribution in [0, 0.1) is 0 Å². The summed E-state index contributed by atoms with van der Waals surface area (Å²) in [5.74, 6) is 0.102. The van der Waals surface area contributed by atoms with Crippen LogP contribution in [0.5, 0.6) is 0 Å². The van der Waals surface area contributed by atoms with Crippen molar-refractivity contribution in [3.05, 3.63) is 0 Å². The SMILES string of the molecule is CCCCNCC(=O)NCCCN(C)C. The van der Waals surface area contributed by atoms with Crippen molar-refractivity contribution in [3.63, 3.8) is 0 Å². The molecule has 4 heteroatoms. The highest BCUT2D eigenvalue weighted by atomic mass is 16.1. The number of nitrogens with one attached hydrogen (secondary N) is 2. The highest BCUT2D eigenvalue weighted by Gasteiger charge is 1.98. The molecular weight excluding hydrogens is 190 g/mol. The molecule has 0 aliphatic rings. The number of carbonyl (C=O) groups is 1. The summed E-state index contributed by atoms with van der Waals surface area (Å²) in [5, 5.41) is 6.00. The van der Waals surface area contributed by atoms with Gasteiger partial charge in [0.05, 0.1) is 6.54 Å². The molecule has 0 atom stereocenters. The summed E-state index contributed by atoms with van der Waals surface area (Å²) >= 11 is 0. The van der Waals surface area contributed by atoms with Crippen molar-refractivity contribution in [1.82, 2.24) is 15.5 Å². The fourth-order valence-electron chi connectivity index (χ4n) is 1.19. The Bertz CT molecular complexity index is 160. The van der Waals surface area contributed by atoms with E-state index in [0.717, 1.165) is 38.9 Å². The molecule has 0 unspecified atom stereocenters. The molecular formula is C11H25N3O. The fourth-order valence-corrected chi connectivity index (χ4v) is 1.19. The van der Waals surface area contributed by atoms with Gasteiger partial charge in [0.15, 0.2) is 0 Å². The molecule has 0 rings (SSSR count). The van der Waals surface area contributed by atoms with Crippen LogP contribution in [-0.4, -0.2) is 51.1 Å². The highest BCUT2D eigenvalue weighted by Crippen LogP contribution is 1.82. The van der Waals surface area contributed by atoms with Crippen LogP contribution in [-0.2, 0) is 4.79 Å². The van der Waals surface area contributed by atoms with Gasteiger partial charge in [0.25, 0.3) is 0 Å². The van der Waals surface area contributed by atoms with Gasteiger partial charge in [0.2, 0.25) is 5.91 Å². The molecule has 0 heterocycles. The van der Waals surface area contributed by atoms with Crippen LogP contribution in [0.3, 0.4) is 0 Å². The average Bonchev–Trinajstić information content (AvgIpc) is 2.19. The lowest BCUT2D eigenvalue weighted by Crippen LogP contribution is -2.35. The van der Waals surface area contributed by atoms with Crippen molar-refractivity contribution >= 4 is 5.91 Å². The Kier molecular flexibility index (Phi) is 9.52. The van der Waals surface area contributed by atoms with Crippen LogP contribution in [0.15, 0.2) is 0 Å². The Morgan fingerprint density at radius 1 is 1.20 bits per heavy atom. The molecule has 0 aliphatic heterocycles. The van der Waals surface area contributed by atoms with Crippen LogP contribution < -0.4 is 10.6 Å². The first kappa shape index (κ1) is 14.4. The molecule has 90 valence electrons. The van der Waals surface area contributed by atoms with E-state index in [1.807, 2.05) is 14.1 Å². The number of hydrogen-bond donors (Lipinski definition) is 2.